The molecule has 1 aromatic heterocycles. The van der Waals surface area contributed by atoms with Crippen LogP contribution < -0.4 is 0 Å². The van der Waals surface area contributed by atoms with E-state index in [4.69, 9.17) is 0 Å². The van der Waals surface area contributed by atoms with Gasteiger partial charge in [0, 0.05) is 23.6 Å². The van der Waals surface area contributed by atoms with Gasteiger partial charge in [0.15, 0.2) is 0 Å². The van der Waals surface area contributed by atoms with E-state index in [1.165, 1.54) is 32.8 Å². The fourth-order valence-electron chi connectivity index (χ4n) is 3.13. The van der Waals surface area contributed by atoms with Crippen LogP contribution in [0.2, 0.25) is 0 Å². The number of fused-ring (bicyclic) bond motifs is 2. The zero-order valence-corrected chi connectivity index (χ0v) is 12.1. The minimum atomic E-state index is 0.911. The second kappa shape index (κ2) is 4.78. The SMILES string of the molecule is Cc1cccc2c1ccn2Cc1cccc2ccccc12. The van der Waals surface area contributed by atoms with E-state index in [0.29, 0.717) is 0 Å². The summed E-state index contributed by atoms with van der Waals surface area (Å²) in [6.07, 6.45) is 2.19. The molecule has 3 aromatic carbocycles. The number of hydrogen-bond acceptors (Lipinski definition) is 0. The van der Waals surface area contributed by atoms with Crippen LogP contribution in [0.5, 0.6) is 0 Å². The smallest absolute Gasteiger partial charge is 0.0486 e. The number of nitrogens with zero attached hydrogens (tertiary/aromatic N) is 1. The van der Waals surface area contributed by atoms with Crippen LogP contribution in [0.15, 0.2) is 72.9 Å². The summed E-state index contributed by atoms with van der Waals surface area (Å²) >= 11 is 0. The zero-order valence-electron chi connectivity index (χ0n) is 12.1. The van der Waals surface area contributed by atoms with Gasteiger partial charge in [0.05, 0.1) is 0 Å². The van der Waals surface area contributed by atoms with Crippen LogP contribution in [0, 0.1) is 6.92 Å². The van der Waals surface area contributed by atoms with Crippen LogP contribution in [0.1, 0.15) is 11.1 Å². The average molecular weight is 271 g/mol. The minimum Gasteiger partial charge on any atom is -0.343 e. The molecule has 4 rings (SSSR count). The second-order valence-electron chi connectivity index (χ2n) is 5.59. The summed E-state index contributed by atoms with van der Waals surface area (Å²) in [7, 11) is 0. The van der Waals surface area contributed by atoms with Gasteiger partial charge in [-0.05, 0) is 41.0 Å². The minimum absolute atomic E-state index is 0.911. The second-order valence-corrected chi connectivity index (χ2v) is 5.59. The zero-order chi connectivity index (χ0) is 14.2. The predicted octanol–water partition coefficient (Wildman–Crippen LogP) is 5.15. The summed E-state index contributed by atoms with van der Waals surface area (Å²) in [5.41, 5.74) is 4.01. The number of benzene rings is 3. The summed E-state index contributed by atoms with van der Waals surface area (Å²) in [5.74, 6) is 0. The number of rotatable bonds is 2. The van der Waals surface area contributed by atoms with E-state index in [0.717, 1.165) is 6.54 Å². The molecule has 0 amide bonds. The van der Waals surface area contributed by atoms with Crippen LogP contribution in [-0.2, 0) is 6.54 Å². The van der Waals surface area contributed by atoms with Gasteiger partial charge in [0.2, 0.25) is 0 Å². The van der Waals surface area contributed by atoms with E-state index < -0.39 is 0 Å². The van der Waals surface area contributed by atoms with E-state index in [-0.39, 0.29) is 0 Å². The van der Waals surface area contributed by atoms with Crippen molar-refractivity contribution in [2.24, 2.45) is 0 Å². The summed E-state index contributed by atoms with van der Waals surface area (Å²) in [6.45, 7) is 3.08. The highest BCUT2D eigenvalue weighted by Crippen LogP contribution is 2.23. The van der Waals surface area contributed by atoms with Crippen molar-refractivity contribution in [2.45, 2.75) is 13.5 Å². The lowest BCUT2D eigenvalue weighted by Gasteiger charge is -2.09. The van der Waals surface area contributed by atoms with Gasteiger partial charge in [-0.2, -0.15) is 0 Å². The first-order chi connectivity index (χ1) is 10.3. The van der Waals surface area contributed by atoms with Crippen molar-refractivity contribution in [1.82, 2.24) is 4.57 Å². The first kappa shape index (κ1) is 12.2. The summed E-state index contributed by atoms with van der Waals surface area (Å²) in [4.78, 5) is 0. The summed E-state index contributed by atoms with van der Waals surface area (Å²) < 4.78 is 2.34. The van der Waals surface area contributed by atoms with Crippen molar-refractivity contribution in [3.8, 4) is 0 Å². The Balaban J connectivity index is 1.85. The van der Waals surface area contributed by atoms with E-state index in [1.54, 1.807) is 0 Å². The molecule has 0 radical (unpaired) electrons. The Hall–Kier alpha value is -2.54. The fourth-order valence-corrected chi connectivity index (χ4v) is 3.13. The summed E-state index contributed by atoms with van der Waals surface area (Å²) in [6, 6.07) is 23.9. The van der Waals surface area contributed by atoms with Crippen molar-refractivity contribution in [3.05, 3.63) is 84.1 Å². The largest absolute Gasteiger partial charge is 0.343 e. The topological polar surface area (TPSA) is 4.93 Å². The molecule has 21 heavy (non-hydrogen) atoms. The molecule has 0 aliphatic carbocycles. The maximum Gasteiger partial charge on any atom is 0.0486 e. The Morgan fingerprint density at radius 2 is 1.57 bits per heavy atom. The van der Waals surface area contributed by atoms with Crippen molar-refractivity contribution in [2.75, 3.05) is 0 Å². The van der Waals surface area contributed by atoms with Crippen LogP contribution in [0.25, 0.3) is 21.7 Å². The lowest BCUT2D eigenvalue weighted by Crippen LogP contribution is -1.98. The molecule has 0 aliphatic rings. The molecule has 0 atom stereocenters. The molecule has 0 fully saturated rings. The quantitative estimate of drug-likeness (QED) is 0.475. The predicted molar refractivity (Wildman–Crippen MR) is 89.7 cm³/mol. The maximum atomic E-state index is 2.34. The lowest BCUT2D eigenvalue weighted by molar-refractivity contribution is 0.843. The molecule has 0 spiro atoms. The maximum absolute atomic E-state index is 2.34. The molecule has 1 heteroatoms. The molecule has 1 heterocycles. The Morgan fingerprint density at radius 1 is 0.762 bits per heavy atom. The van der Waals surface area contributed by atoms with Gasteiger partial charge in [-0.3, -0.25) is 0 Å². The van der Waals surface area contributed by atoms with Gasteiger partial charge in [0.25, 0.3) is 0 Å². The summed E-state index contributed by atoms with van der Waals surface area (Å²) in [5, 5.41) is 4.00. The Bertz CT molecular complexity index is 926. The molecule has 0 bridgehead atoms. The van der Waals surface area contributed by atoms with Gasteiger partial charge < -0.3 is 4.57 Å². The Morgan fingerprint density at radius 3 is 2.52 bits per heavy atom. The van der Waals surface area contributed by atoms with Crippen LogP contribution in [0.4, 0.5) is 0 Å². The van der Waals surface area contributed by atoms with Crippen LogP contribution in [0.3, 0.4) is 0 Å². The monoisotopic (exact) mass is 271 g/mol. The molecule has 0 N–H and O–H groups in total. The molecule has 4 aromatic rings. The standard InChI is InChI=1S/C20H17N/c1-15-6-4-11-20-18(15)12-13-21(20)14-17-9-5-8-16-7-2-3-10-19(16)17/h2-13H,14H2,1H3. The van der Waals surface area contributed by atoms with Gasteiger partial charge in [-0.25, -0.2) is 0 Å². The normalized spacial score (nSPS) is 11.3. The van der Waals surface area contributed by atoms with Crippen molar-refractivity contribution >= 4 is 21.7 Å². The number of aryl methyl sites for hydroxylation is 1. The molecule has 0 saturated carbocycles. The molecule has 1 nitrogen and oxygen atoms in total. The molecule has 0 aliphatic heterocycles. The molecular weight excluding hydrogens is 254 g/mol. The number of aromatic nitrogens is 1. The molecule has 102 valence electrons. The molecule has 0 saturated heterocycles. The van der Waals surface area contributed by atoms with Crippen LogP contribution in [-0.4, -0.2) is 4.57 Å². The third-order valence-corrected chi connectivity index (χ3v) is 4.25. The third kappa shape index (κ3) is 2.02. The Kier molecular flexibility index (Phi) is 2.78. The first-order valence-corrected chi connectivity index (χ1v) is 7.34. The first-order valence-electron chi connectivity index (χ1n) is 7.34. The van der Waals surface area contributed by atoms with Gasteiger partial charge in [0.1, 0.15) is 0 Å². The lowest BCUT2D eigenvalue weighted by atomic mass is 10.0. The van der Waals surface area contributed by atoms with E-state index in [2.05, 4.69) is 84.4 Å². The van der Waals surface area contributed by atoms with E-state index in [9.17, 15) is 0 Å². The van der Waals surface area contributed by atoms with Crippen LogP contribution >= 0.6 is 0 Å². The molecule has 0 unspecified atom stereocenters. The Labute approximate surface area is 124 Å². The van der Waals surface area contributed by atoms with Crippen molar-refractivity contribution in [1.29, 1.82) is 0 Å². The van der Waals surface area contributed by atoms with Crippen molar-refractivity contribution < 1.29 is 0 Å². The van der Waals surface area contributed by atoms with Crippen molar-refractivity contribution in [3.63, 3.8) is 0 Å². The fraction of sp³-hybridized carbons (Fsp3) is 0.100. The number of hydrogen-bond donors (Lipinski definition) is 0. The highest BCUT2D eigenvalue weighted by Gasteiger charge is 2.05. The van der Waals surface area contributed by atoms with Gasteiger partial charge in [-0.15, -0.1) is 0 Å². The highest BCUT2D eigenvalue weighted by atomic mass is 14.9. The van der Waals surface area contributed by atoms with E-state index in [1.807, 2.05) is 0 Å². The van der Waals surface area contributed by atoms with Gasteiger partial charge >= 0.3 is 0 Å². The van der Waals surface area contributed by atoms with Gasteiger partial charge in [-0.1, -0.05) is 54.6 Å². The molecular formula is C20H17N. The third-order valence-electron chi connectivity index (χ3n) is 4.25. The van der Waals surface area contributed by atoms with E-state index >= 15 is 0 Å². The average Bonchev–Trinajstić information content (AvgIpc) is 2.92. The highest BCUT2D eigenvalue weighted by molar-refractivity contribution is 5.86.